The van der Waals surface area contributed by atoms with Crippen LogP contribution in [0.4, 0.5) is 0 Å². The molecule has 1 aromatic carbocycles. The van der Waals surface area contributed by atoms with E-state index in [9.17, 15) is 4.79 Å². The molecule has 28 heavy (non-hydrogen) atoms. The highest BCUT2D eigenvalue weighted by molar-refractivity contribution is 5.79. The maximum absolute atomic E-state index is 12.7. The number of hydrogen-bond donors (Lipinski definition) is 0. The summed E-state index contributed by atoms with van der Waals surface area (Å²) in [6.07, 6.45) is 3.64. The van der Waals surface area contributed by atoms with Gasteiger partial charge in [-0.3, -0.25) is 4.79 Å². The smallest absolute Gasteiger partial charge is 0.231 e. The number of methoxy groups -OCH3 is 2. The van der Waals surface area contributed by atoms with Crippen LogP contribution in [-0.2, 0) is 4.79 Å². The molecule has 2 aromatic rings. The molecular weight excluding hydrogens is 358 g/mol. The summed E-state index contributed by atoms with van der Waals surface area (Å²) in [5.74, 6) is 2.79. The molecule has 0 radical (unpaired) electrons. The third-order valence-corrected chi connectivity index (χ3v) is 5.50. The van der Waals surface area contributed by atoms with Gasteiger partial charge in [-0.25, -0.2) is 0 Å². The van der Waals surface area contributed by atoms with Crippen LogP contribution in [0.15, 0.2) is 22.7 Å². The Kier molecular flexibility index (Phi) is 6.54. The van der Waals surface area contributed by atoms with Crippen molar-refractivity contribution in [2.75, 3.05) is 27.3 Å². The van der Waals surface area contributed by atoms with Crippen molar-refractivity contribution in [2.24, 2.45) is 5.92 Å². The zero-order chi connectivity index (χ0) is 20.1. The average molecular weight is 387 g/mol. The summed E-state index contributed by atoms with van der Waals surface area (Å²) in [6, 6.07) is 5.53. The molecule has 1 amide bonds. The monoisotopic (exact) mass is 387 g/mol. The third kappa shape index (κ3) is 4.13. The molecule has 7 nitrogen and oxygen atoms in total. The van der Waals surface area contributed by atoms with E-state index in [1.165, 1.54) is 0 Å². The van der Waals surface area contributed by atoms with Crippen molar-refractivity contribution in [1.82, 2.24) is 15.0 Å². The van der Waals surface area contributed by atoms with Crippen LogP contribution in [0.25, 0.3) is 11.4 Å². The second kappa shape index (κ2) is 9.08. The van der Waals surface area contributed by atoms with E-state index >= 15 is 0 Å². The molecule has 1 aromatic heterocycles. The molecule has 2 heterocycles. The van der Waals surface area contributed by atoms with E-state index in [0.717, 1.165) is 37.8 Å². The van der Waals surface area contributed by atoms with Gasteiger partial charge in [0.15, 0.2) is 11.5 Å². The predicted octanol–water partition coefficient (Wildman–Crippen LogP) is 3.90. The van der Waals surface area contributed by atoms with Crippen molar-refractivity contribution in [1.29, 1.82) is 0 Å². The molecule has 1 fully saturated rings. The molecule has 0 N–H and O–H groups in total. The summed E-state index contributed by atoms with van der Waals surface area (Å²) in [5.41, 5.74) is 0.799. The van der Waals surface area contributed by atoms with Gasteiger partial charge in [-0.1, -0.05) is 19.0 Å². The third-order valence-electron chi connectivity index (χ3n) is 5.50. The van der Waals surface area contributed by atoms with Gasteiger partial charge in [0.1, 0.15) is 0 Å². The average Bonchev–Trinajstić information content (AvgIpc) is 3.24. The first-order valence-electron chi connectivity index (χ1n) is 9.96. The van der Waals surface area contributed by atoms with Crippen LogP contribution in [0, 0.1) is 5.92 Å². The molecule has 1 aliphatic rings. The lowest BCUT2D eigenvalue weighted by Crippen LogP contribution is -2.42. The Bertz CT molecular complexity index is 801. The van der Waals surface area contributed by atoms with Gasteiger partial charge in [0.25, 0.3) is 0 Å². The fourth-order valence-electron chi connectivity index (χ4n) is 3.77. The first-order chi connectivity index (χ1) is 13.6. The Hall–Kier alpha value is -2.57. The van der Waals surface area contributed by atoms with Gasteiger partial charge >= 0.3 is 0 Å². The number of piperidine rings is 1. The van der Waals surface area contributed by atoms with Gasteiger partial charge in [0.05, 0.1) is 20.1 Å². The highest BCUT2D eigenvalue weighted by Gasteiger charge is 2.31. The van der Waals surface area contributed by atoms with E-state index in [2.05, 4.69) is 24.0 Å². The summed E-state index contributed by atoms with van der Waals surface area (Å²) < 4.78 is 16.2. The highest BCUT2D eigenvalue weighted by atomic mass is 16.5. The van der Waals surface area contributed by atoms with Crippen molar-refractivity contribution in [3.8, 4) is 22.9 Å². The van der Waals surface area contributed by atoms with Gasteiger partial charge in [-0.15, -0.1) is 0 Å². The van der Waals surface area contributed by atoms with Crippen LogP contribution < -0.4 is 9.47 Å². The number of aromatic nitrogens is 2. The van der Waals surface area contributed by atoms with Crippen molar-refractivity contribution in [3.05, 3.63) is 24.1 Å². The second-order valence-electron chi connectivity index (χ2n) is 7.16. The molecule has 1 saturated heterocycles. The number of carbonyl (C=O) groups excluding carboxylic acids is 1. The van der Waals surface area contributed by atoms with E-state index in [4.69, 9.17) is 14.0 Å². The highest BCUT2D eigenvalue weighted by Crippen LogP contribution is 2.33. The first-order valence-corrected chi connectivity index (χ1v) is 9.96. The van der Waals surface area contributed by atoms with E-state index in [1.807, 2.05) is 23.1 Å². The Balaban J connectivity index is 1.75. The fourth-order valence-corrected chi connectivity index (χ4v) is 3.77. The number of carbonyl (C=O) groups is 1. The summed E-state index contributed by atoms with van der Waals surface area (Å²) in [7, 11) is 3.19. The molecule has 0 spiro atoms. The van der Waals surface area contributed by atoms with Crippen LogP contribution in [0.2, 0.25) is 0 Å². The lowest BCUT2D eigenvalue weighted by Gasteiger charge is -2.33. The summed E-state index contributed by atoms with van der Waals surface area (Å²) in [4.78, 5) is 19.3. The Morgan fingerprint density at radius 3 is 2.68 bits per heavy atom. The maximum Gasteiger partial charge on any atom is 0.231 e. The van der Waals surface area contributed by atoms with Crippen LogP contribution in [0.3, 0.4) is 0 Å². The molecular formula is C21H29N3O4. The zero-order valence-corrected chi connectivity index (χ0v) is 17.1. The van der Waals surface area contributed by atoms with Gasteiger partial charge < -0.3 is 18.9 Å². The molecule has 0 unspecified atom stereocenters. The second-order valence-corrected chi connectivity index (χ2v) is 7.16. The van der Waals surface area contributed by atoms with Crippen LogP contribution in [0.1, 0.15) is 51.3 Å². The number of benzene rings is 1. The van der Waals surface area contributed by atoms with Gasteiger partial charge in [0.2, 0.25) is 17.6 Å². The molecule has 152 valence electrons. The minimum absolute atomic E-state index is 0.0773. The Morgan fingerprint density at radius 1 is 1.25 bits per heavy atom. The minimum Gasteiger partial charge on any atom is -0.493 e. The van der Waals surface area contributed by atoms with Crippen LogP contribution in [-0.4, -0.2) is 48.3 Å². The fraction of sp³-hybridized carbons (Fsp3) is 0.571. The zero-order valence-electron chi connectivity index (χ0n) is 17.1. The Labute approximate surface area is 166 Å². The molecule has 3 rings (SSSR count). The lowest BCUT2D eigenvalue weighted by molar-refractivity contribution is -0.137. The van der Waals surface area contributed by atoms with E-state index in [0.29, 0.717) is 29.8 Å². The van der Waals surface area contributed by atoms with Crippen LogP contribution >= 0.6 is 0 Å². The quantitative estimate of drug-likeness (QED) is 0.717. The van der Waals surface area contributed by atoms with E-state index in [-0.39, 0.29) is 17.7 Å². The molecule has 1 atom stereocenters. The van der Waals surface area contributed by atoms with E-state index in [1.54, 1.807) is 14.2 Å². The van der Waals surface area contributed by atoms with Crippen molar-refractivity contribution >= 4 is 5.91 Å². The van der Waals surface area contributed by atoms with Gasteiger partial charge in [0, 0.05) is 24.6 Å². The Morgan fingerprint density at radius 2 is 2.00 bits per heavy atom. The number of rotatable bonds is 7. The number of ether oxygens (including phenoxy) is 2. The van der Waals surface area contributed by atoms with Gasteiger partial charge in [-0.05, 0) is 43.9 Å². The van der Waals surface area contributed by atoms with Crippen LogP contribution in [0.5, 0.6) is 11.5 Å². The summed E-state index contributed by atoms with van der Waals surface area (Å²) in [6.45, 7) is 5.59. The molecule has 0 aliphatic carbocycles. The maximum atomic E-state index is 12.7. The number of hydrogen-bond acceptors (Lipinski definition) is 6. The normalized spacial score (nSPS) is 17.0. The first kappa shape index (κ1) is 20.2. The van der Waals surface area contributed by atoms with Crippen molar-refractivity contribution in [2.45, 2.75) is 45.4 Å². The topological polar surface area (TPSA) is 77.7 Å². The largest absolute Gasteiger partial charge is 0.493 e. The molecule has 0 bridgehead atoms. The number of amides is 1. The lowest BCUT2D eigenvalue weighted by atomic mass is 9.95. The summed E-state index contributed by atoms with van der Waals surface area (Å²) in [5, 5.41) is 4.14. The summed E-state index contributed by atoms with van der Waals surface area (Å²) >= 11 is 0. The standard InChI is InChI=1S/C21H29N3O4/c1-5-14(6-2)21(25)24-11-7-8-16(13-24)20-22-19(23-28-20)15-9-10-17(26-3)18(12-15)27-4/h9-10,12,14,16H,5-8,11,13H2,1-4H3/t16-/m0/s1. The number of likely N-dealkylation sites (tertiary alicyclic amines) is 1. The molecule has 1 aliphatic heterocycles. The minimum atomic E-state index is 0.0773. The SMILES string of the molecule is CCC(CC)C(=O)N1CCC[C@H](c2nc(-c3ccc(OC)c(OC)c3)no2)C1. The molecule has 7 heteroatoms. The predicted molar refractivity (Wildman–Crippen MR) is 105 cm³/mol. The van der Waals surface area contributed by atoms with E-state index < -0.39 is 0 Å². The molecule has 0 saturated carbocycles. The number of nitrogens with zero attached hydrogens (tertiary/aromatic N) is 3. The van der Waals surface area contributed by atoms with Crippen molar-refractivity contribution in [3.63, 3.8) is 0 Å². The van der Waals surface area contributed by atoms with Gasteiger partial charge in [-0.2, -0.15) is 4.98 Å². The van der Waals surface area contributed by atoms with Crippen molar-refractivity contribution < 1.29 is 18.8 Å².